The minimum Gasteiger partial charge on any atom is -0.457 e. The fourth-order valence-corrected chi connectivity index (χ4v) is 2.50. The quantitative estimate of drug-likeness (QED) is 0.752. The molecule has 0 spiro atoms. The molecule has 6 nitrogen and oxygen atoms in total. The SMILES string of the molecule is Nc1nnc(CNC(=O)c2ccccc2Oc2ccccc2)s1. The van der Waals surface area contributed by atoms with E-state index in [0.717, 1.165) is 0 Å². The second-order valence-corrected chi connectivity index (χ2v) is 5.72. The van der Waals surface area contributed by atoms with Crippen LogP contribution in [0.4, 0.5) is 5.13 Å². The number of nitrogens with one attached hydrogen (secondary N) is 1. The molecule has 116 valence electrons. The lowest BCUT2D eigenvalue weighted by Gasteiger charge is -2.10. The minimum absolute atomic E-state index is 0.245. The van der Waals surface area contributed by atoms with Gasteiger partial charge < -0.3 is 15.8 Å². The molecule has 0 saturated heterocycles. The summed E-state index contributed by atoms with van der Waals surface area (Å²) in [6.07, 6.45) is 0. The van der Waals surface area contributed by atoms with E-state index in [0.29, 0.717) is 27.2 Å². The molecular weight excluding hydrogens is 312 g/mol. The summed E-state index contributed by atoms with van der Waals surface area (Å²) in [4.78, 5) is 12.4. The summed E-state index contributed by atoms with van der Waals surface area (Å²) in [6.45, 7) is 0.271. The third-order valence-corrected chi connectivity index (χ3v) is 3.74. The number of para-hydroxylation sites is 2. The molecule has 0 aliphatic heterocycles. The number of benzene rings is 2. The number of nitrogen functional groups attached to an aromatic ring is 1. The molecule has 23 heavy (non-hydrogen) atoms. The molecule has 3 rings (SSSR count). The smallest absolute Gasteiger partial charge is 0.255 e. The van der Waals surface area contributed by atoms with Crippen molar-refractivity contribution in [3.05, 3.63) is 65.2 Å². The van der Waals surface area contributed by atoms with Gasteiger partial charge >= 0.3 is 0 Å². The number of nitrogens with two attached hydrogens (primary N) is 1. The molecule has 1 amide bonds. The maximum atomic E-state index is 12.4. The van der Waals surface area contributed by atoms with Gasteiger partial charge in [0.1, 0.15) is 16.5 Å². The van der Waals surface area contributed by atoms with Crippen molar-refractivity contribution >= 4 is 22.4 Å². The van der Waals surface area contributed by atoms with Gasteiger partial charge in [0.25, 0.3) is 5.91 Å². The number of carbonyl (C=O) groups is 1. The van der Waals surface area contributed by atoms with Crippen molar-refractivity contribution in [1.29, 1.82) is 0 Å². The molecule has 0 unspecified atom stereocenters. The van der Waals surface area contributed by atoms with Crippen LogP contribution in [0, 0.1) is 0 Å². The Morgan fingerprint density at radius 3 is 2.57 bits per heavy atom. The van der Waals surface area contributed by atoms with Crippen LogP contribution in [0.3, 0.4) is 0 Å². The van der Waals surface area contributed by atoms with Gasteiger partial charge in [0.2, 0.25) is 5.13 Å². The Balaban J connectivity index is 1.72. The van der Waals surface area contributed by atoms with Crippen LogP contribution in [0.25, 0.3) is 0 Å². The third kappa shape index (κ3) is 3.83. The van der Waals surface area contributed by atoms with Crippen LogP contribution < -0.4 is 15.8 Å². The van der Waals surface area contributed by atoms with E-state index in [-0.39, 0.29) is 12.5 Å². The van der Waals surface area contributed by atoms with Gasteiger partial charge in [-0.15, -0.1) is 10.2 Å². The summed E-state index contributed by atoms with van der Waals surface area (Å²) >= 11 is 1.24. The molecule has 0 radical (unpaired) electrons. The molecule has 0 saturated carbocycles. The standard InChI is InChI=1S/C16H14N4O2S/c17-16-20-19-14(23-16)10-18-15(21)12-8-4-5-9-13(12)22-11-6-2-1-3-7-11/h1-9H,10H2,(H2,17,20)(H,18,21). The molecule has 3 aromatic rings. The zero-order valence-electron chi connectivity index (χ0n) is 12.1. The topological polar surface area (TPSA) is 90.1 Å². The zero-order chi connectivity index (χ0) is 16.1. The lowest BCUT2D eigenvalue weighted by Crippen LogP contribution is -2.23. The number of hydrogen-bond acceptors (Lipinski definition) is 6. The number of hydrogen-bond donors (Lipinski definition) is 2. The molecular formula is C16H14N4O2S. The third-order valence-electron chi connectivity index (χ3n) is 2.99. The first-order chi connectivity index (χ1) is 11.2. The number of carbonyl (C=O) groups excluding carboxylic acids is 1. The fourth-order valence-electron chi connectivity index (χ4n) is 1.95. The van der Waals surface area contributed by atoms with Gasteiger partial charge in [0.15, 0.2) is 0 Å². The molecule has 0 aliphatic rings. The minimum atomic E-state index is -0.245. The Morgan fingerprint density at radius 2 is 1.83 bits per heavy atom. The zero-order valence-corrected chi connectivity index (χ0v) is 12.9. The molecule has 0 fully saturated rings. The molecule has 0 aliphatic carbocycles. The highest BCUT2D eigenvalue weighted by Gasteiger charge is 2.13. The van der Waals surface area contributed by atoms with Crippen molar-refractivity contribution in [2.45, 2.75) is 6.54 Å². The molecule has 2 aromatic carbocycles. The van der Waals surface area contributed by atoms with Crippen molar-refractivity contribution in [3.8, 4) is 11.5 Å². The lowest BCUT2D eigenvalue weighted by molar-refractivity contribution is 0.0948. The van der Waals surface area contributed by atoms with Crippen LogP contribution in [0.5, 0.6) is 11.5 Å². The predicted molar refractivity (Wildman–Crippen MR) is 88.4 cm³/mol. The number of amides is 1. The highest BCUT2D eigenvalue weighted by Crippen LogP contribution is 2.25. The monoisotopic (exact) mass is 326 g/mol. The molecule has 7 heteroatoms. The van der Waals surface area contributed by atoms with Gasteiger partial charge in [-0.3, -0.25) is 4.79 Å². The van der Waals surface area contributed by atoms with E-state index >= 15 is 0 Å². The van der Waals surface area contributed by atoms with Crippen LogP contribution in [0.15, 0.2) is 54.6 Å². The largest absolute Gasteiger partial charge is 0.457 e. The lowest BCUT2D eigenvalue weighted by atomic mass is 10.2. The second-order valence-electron chi connectivity index (χ2n) is 4.63. The van der Waals surface area contributed by atoms with Crippen LogP contribution in [-0.2, 0) is 6.54 Å². The number of ether oxygens (including phenoxy) is 1. The first-order valence-corrected chi connectivity index (χ1v) is 7.72. The van der Waals surface area contributed by atoms with E-state index in [1.54, 1.807) is 18.2 Å². The Morgan fingerprint density at radius 1 is 1.09 bits per heavy atom. The molecule has 1 heterocycles. The average Bonchev–Trinajstić information content (AvgIpc) is 3.00. The summed E-state index contributed by atoms with van der Waals surface area (Å²) in [7, 11) is 0. The molecule has 0 atom stereocenters. The van der Waals surface area contributed by atoms with E-state index in [9.17, 15) is 4.79 Å². The molecule has 0 bridgehead atoms. The summed E-state index contributed by atoms with van der Waals surface area (Å²) < 4.78 is 5.78. The van der Waals surface area contributed by atoms with Crippen molar-refractivity contribution in [3.63, 3.8) is 0 Å². The first-order valence-electron chi connectivity index (χ1n) is 6.90. The van der Waals surface area contributed by atoms with E-state index in [4.69, 9.17) is 10.5 Å². The second kappa shape index (κ2) is 6.89. The van der Waals surface area contributed by atoms with Crippen LogP contribution in [0.2, 0.25) is 0 Å². The average molecular weight is 326 g/mol. The number of anilines is 1. The van der Waals surface area contributed by atoms with Crippen LogP contribution in [-0.4, -0.2) is 16.1 Å². The van der Waals surface area contributed by atoms with Crippen molar-refractivity contribution in [1.82, 2.24) is 15.5 Å². The predicted octanol–water partition coefficient (Wildman–Crippen LogP) is 2.84. The summed E-state index contributed by atoms with van der Waals surface area (Å²) in [5.74, 6) is 0.919. The van der Waals surface area contributed by atoms with Crippen molar-refractivity contribution in [2.75, 3.05) is 5.73 Å². The van der Waals surface area contributed by atoms with E-state index < -0.39 is 0 Å². The molecule has 1 aromatic heterocycles. The molecule has 3 N–H and O–H groups in total. The fraction of sp³-hybridized carbons (Fsp3) is 0.0625. The van der Waals surface area contributed by atoms with E-state index in [1.807, 2.05) is 36.4 Å². The van der Waals surface area contributed by atoms with Crippen molar-refractivity contribution < 1.29 is 9.53 Å². The Hall–Kier alpha value is -2.93. The number of aromatic nitrogens is 2. The van der Waals surface area contributed by atoms with Gasteiger partial charge in [-0.2, -0.15) is 0 Å². The highest BCUT2D eigenvalue weighted by molar-refractivity contribution is 7.15. The van der Waals surface area contributed by atoms with E-state index in [1.165, 1.54) is 11.3 Å². The first kappa shape index (κ1) is 15.0. The summed E-state index contributed by atoms with van der Waals surface area (Å²) in [5, 5.41) is 11.4. The Bertz CT molecular complexity index is 805. The summed E-state index contributed by atoms with van der Waals surface area (Å²) in [6, 6.07) is 16.4. The number of nitrogens with zero attached hydrogens (tertiary/aromatic N) is 2. The van der Waals surface area contributed by atoms with Gasteiger partial charge in [0, 0.05) is 0 Å². The Labute approximate surface area is 136 Å². The highest BCUT2D eigenvalue weighted by atomic mass is 32.1. The summed E-state index contributed by atoms with van der Waals surface area (Å²) in [5.41, 5.74) is 5.97. The van der Waals surface area contributed by atoms with Crippen LogP contribution >= 0.6 is 11.3 Å². The van der Waals surface area contributed by atoms with Gasteiger partial charge in [-0.1, -0.05) is 41.7 Å². The van der Waals surface area contributed by atoms with Gasteiger partial charge in [-0.25, -0.2) is 0 Å². The van der Waals surface area contributed by atoms with Crippen LogP contribution in [0.1, 0.15) is 15.4 Å². The Kier molecular flexibility index (Phi) is 4.49. The van der Waals surface area contributed by atoms with Gasteiger partial charge in [-0.05, 0) is 24.3 Å². The maximum Gasteiger partial charge on any atom is 0.255 e. The van der Waals surface area contributed by atoms with Crippen molar-refractivity contribution in [2.24, 2.45) is 0 Å². The normalized spacial score (nSPS) is 10.3. The maximum absolute atomic E-state index is 12.4. The van der Waals surface area contributed by atoms with Gasteiger partial charge in [0.05, 0.1) is 12.1 Å². The number of rotatable bonds is 5. The van der Waals surface area contributed by atoms with E-state index in [2.05, 4.69) is 15.5 Å².